The normalized spacial score (nSPS) is 21.0. The van der Waals surface area contributed by atoms with Gasteiger partial charge < -0.3 is 19.7 Å². The summed E-state index contributed by atoms with van der Waals surface area (Å²) in [6.07, 6.45) is 3.89. The number of amides is 1. The maximum absolute atomic E-state index is 12.4. The summed E-state index contributed by atoms with van der Waals surface area (Å²) < 4.78 is 16.4. The molecule has 3 aromatic rings. The SMILES string of the molecule is O=C(C=Cc1cc2c(cc1[N+](=O)[O-])OCO2)NCC1CC1CN1CCN(c2nsc3ccccc23)CC1. The lowest BCUT2D eigenvalue weighted by molar-refractivity contribution is -0.385. The fraction of sp³-hybridized carbons (Fsp3) is 0.385. The van der Waals surface area contributed by atoms with E-state index in [4.69, 9.17) is 13.8 Å². The maximum atomic E-state index is 12.4. The maximum Gasteiger partial charge on any atom is 0.280 e. The Labute approximate surface area is 217 Å². The first kappa shape index (κ1) is 23.7. The molecule has 192 valence electrons. The van der Waals surface area contributed by atoms with Crippen molar-refractivity contribution in [1.29, 1.82) is 0 Å². The largest absolute Gasteiger partial charge is 0.454 e. The van der Waals surface area contributed by atoms with Crippen molar-refractivity contribution in [3.8, 4) is 11.5 Å². The van der Waals surface area contributed by atoms with Crippen LogP contribution in [0.2, 0.25) is 0 Å². The van der Waals surface area contributed by atoms with Crippen molar-refractivity contribution in [3.63, 3.8) is 0 Å². The van der Waals surface area contributed by atoms with Crippen LogP contribution in [0, 0.1) is 22.0 Å². The average molecular weight is 522 g/mol. The van der Waals surface area contributed by atoms with Gasteiger partial charge >= 0.3 is 0 Å². The van der Waals surface area contributed by atoms with Gasteiger partial charge in [0.05, 0.1) is 21.3 Å². The molecule has 2 unspecified atom stereocenters. The van der Waals surface area contributed by atoms with Gasteiger partial charge in [-0.1, -0.05) is 12.1 Å². The molecule has 3 heterocycles. The van der Waals surface area contributed by atoms with Crippen LogP contribution < -0.4 is 19.7 Å². The van der Waals surface area contributed by atoms with Gasteiger partial charge in [-0.2, -0.15) is 4.37 Å². The molecule has 11 heteroatoms. The molecule has 6 rings (SSSR count). The number of anilines is 1. The van der Waals surface area contributed by atoms with Crippen LogP contribution in [0.4, 0.5) is 11.5 Å². The minimum absolute atomic E-state index is 0.0291. The molecule has 1 saturated carbocycles. The van der Waals surface area contributed by atoms with Crippen LogP contribution >= 0.6 is 11.5 Å². The zero-order valence-corrected chi connectivity index (χ0v) is 21.0. The molecule has 37 heavy (non-hydrogen) atoms. The molecule has 10 nitrogen and oxygen atoms in total. The number of hydrogen-bond donors (Lipinski definition) is 1. The van der Waals surface area contributed by atoms with Crippen molar-refractivity contribution in [2.75, 3.05) is 51.0 Å². The minimum Gasteiger partial charge on any atom is -0.454 e. The third-order valence-electron chi connectivity index (χ3n) is 7.26. The van der Waals surface area contributed by atoms with E-state index in [0.717, 1.165) is 45.0 Å². The first-order valence-electron chi connectivity index (χ1n) is 12.4. The van der Waals surface area contributed by atoms with Crippen molar-refractivity contribution in [2.24, 2.45) is 11.8 Å². The van der Waals surface area contributed by atoms with E-state index >= 15 is 0 Å². The second kappa shape index (κ2) is 9.98. The first-order valence-corrected chi connectivity index (χ1v) is 13.2. The summed E-state index contributed by atoms with van der Waals surface area (Å²) in [5, 5.41) is 15.6. The fourth-order valence-electron chi connectivity index (χ4n) is 5.05. The first-order chi connectivity index (χ1) is 18.0. The van der Waals surface area contributed by atoms with E-state index in [-0.39, 0.29) is 18.4 Å². The highest BCUT2D eigenvalue weighted by molar-refractivity contribution is 7.13. The molecule has 1 amide bonds. The molecule has 2 fully saturated rings. The molecule has 1 aliphatic carbocycles. The van der Waals surface area contributed by atoms with Gasteiger partial charge in [-0.3, -0.25) is 19.8 Å². The van der Waals surface area contributed by atoms with Crippen LogP contribution in [0.3, 0.4) is 0 Å². The third kappa shape index (κ3) is 5.09. The van der Waals surface area contributed by atoms with Crippen LogP contribution in [-0.4, -0.2) is 66.2 Å². The lowest BCUT2D eigenvalue weighted by atomic mass is 10.1. The number of nitro groups is 1. The van der Waals surface area contributed by atoms with Crippen LogP contribution in [0.1, 0.15) is 12.0 Å². The minimum atomic E-state index is -0.493. The van der Waals surface area contributed by atoms with E-state index in [0.29, 0.717) is 35.4 Å². The van der Waals surface area contributed by atoms with Gasteiger partial charge in [-0.05, 0) is 54.1 Å². The van der Waals surface area contributed by atoms with Crippen molar-refractivity contribution in [1.82, 2.24) is 14.6 Å². The molecular weight excluding hydrogens is 494 g/mol. The molecule has 2 aromatic carbocycles. The third-order valence-corrected chi connectivity index (χ3v) is 8.08. The molecule has 1 aromatic heterocycles. The Morgan fingerprint density at radius 3 is 2.76 bits per heavy atom. The molecular formula is C26H27N5O5S. The summed E-state index contributed by atoms with van der Waals surface area (Å²) in [5.74, 6) is 2.68. The number of fused-ring (bicyclic) bond motifs is 2. The molecule has 3 aliphatic rings. The monoisotopic (exact) mass is 521 g/mol. The number of aromatic nitrogens is 1. The quantitative estimate of drug-likeness (QED) is 0.272. The average Bonchev–Trinajstić information content (AvgIpc) is 3.27. The van der Waals surface area contributed by atoms with Gasteiger partial charge in [0.1, 0.15) is 5.82 Å². The fourth-order valence-corrected chi connectivity index (χ4v) is 5.85. The van der Waals surface area contributed by atoms with E-state index in [9.17, 15) is 14.9 Å². The number of rotatable bonds is 8. The van der Waals surface area contributed by atoms with Crippen molar-refractivity contribution >= 4 is 45.1 Å². The number of ether oxygens (including phenoxy) is 2. The predicted molar refractivity (Wildman–Crippen MR) is 141 cm³/mol. The van der Waals surface area contributed by atoms with Gasteiger partial charge in [0, 0.05) is 50.7 Å². The lowest BCUT2D eigenvalue weighted by Crippen LogP contribution is -2.47. The zero-order chi connectivity index (χ0) is 25.4. The second-order valence-corrected chi connectivity index (χ2v) is 10.5. The molecule has 0 radical (unpaired) electrons. The summed E-state index contributed by atoms with van der Waals surface area (Å²) in [4.78, 5) is 28.1. The Morgan fingerprint density at radius 1 is 1.16 bits per heavy atom. The van der Waals surface area contributed by atoms with Crippen LogP contribution in [0.25, 0.3) is 16.2 Å². The number of nitro benzene ring substituents is 1. The van der Waals surface area contributed by atoms with Gasteiger partial charge in [0.2, 0.25) is 12.7 Å². The molecule has 0 spiro atoms. The summed E-state index contributed by atoms with van der Waals surface area (Å²) in [6, 6.07) is 11.2. The number of benzene rings is 2. The standard InChI is InChI=1S/C26H27N5O5S/c32-25(6-5-17-12-22-23(36-16-35-22)13-21(17)31(33)34)27-14-18-11-19(18)15-29-7-9-30(10-8-29)26-20-3-1-2-4-24(20)37-28-26/h1-6,12-13,18-19H,7-11,14-16H2,(H,27,32). The van der Waals surface area contributed by atoms with Gasteiger partial charge in [0.25, 0.3) is 5.69 Å². The Hall–Kier alpha value is -3.70. The molecule has 1 saturated heterocycles. The summed E-state index contributed by atoms with van der Waals surface area (Å²) in [5.41, 5.74) is 0.178. The van der Waals surface area contributed by atoms with Crippen LogP contribution in [0.15, 0.2) is 42.5 Å². The highest BCUT2D eigenvalue weighted by Crippen LogP contribution is 2.40. The summed E-state index contributed by atoms with van der Waals surface area (Å²) >= 11 is 1.56. The van der Waals surface area contributed by atoms with Gasteiger partial charge in [-0.15, -0.1) is 0 Å². The Morgan fingerprint density at radius 2 is 1.95 bits per heavy atom. The molecule has 2 aliphatic heterocycles. The Bertz CT molecular complexity index is 1370. The molecule has 0 bridgehead atoms. The van der Waals surface area contributed by atoms with Crippen molar-refractivity contribution < 1.29 is 19.2 Å². The topological polar surface area (TPSA) is 110 Å². The lowest BCUT2D eigenvalue weighted by Gasteiger charge is -2.35. The number of carbonyl (C=O) groups excluding carboxylic acids is 1. The number of carbonyl (C=O) groups is 1. The molecule has 2 atom stereocenters. The van der Waals surface area contributed by atoms with Crippen molar-refractivity contribution in [3.05, 3.63) is 58.2 Å². The number of nitrogens with zero attached hydrogens (tertiary/aromatic N) is 4. The van der Waals surface area contributed by atoms with E-state index in [1.165, 1.54) is 34.4 Å². The highest BCUT2D eigenvalue weighted by Gasteiger charge is 2.38. The van der Waals surface area contributed by atoms with Gasteiger partial charge in [0.15, 0.2) is 11.5 Å². The number of piperazine rings is 1. The molecule has 1 N–H and O–H groups in total. The van der Waals surface area contributed by atoms with Crippen LogP contribution in [-0.2, 0) is 4.79 Å². The number of hydrogen-bond acceptors (Lipinski definition) is 9. The Kier molecular flexibility index (Phi) is 6.39. The van der Waals surface area contributed by atoms with E-state index < -0.39 is 4.92 Å². The van der Waals surface area contributed by atoms with E-state index in [1.54, 1.807) is 11.5 Å². The summed E-state index contributed by atoms with van der Waals surface area (Å²) in [6.45, 7) is 5.66. The number of nitrogens with one attached hydrogen (secondary N) is 1. The second-order valence-electron chi connectivity index (χ2n) is 9.65. The van der Waals surface area contributed by atoms with E-state index in [1.807, 2.05) is 0 Å². The highest BCUT2D eigenvalue weighted by atomic mass is 32.1. The zero-order valence-electron chi connectivity index (χ0n) is 20.2. The summed E-state index contributed by atoms with van der Waals surface area (Å²) in [7, 11) is 0. The van der Waals surface area contributed by atoms with Gasteiger partial charge in [-0.25, -0.2) is 0 Å². The Balaban J connectivity index is 0.953. The van der Waals surface area contributed by atoms with E-state index in [2.05, 4.69) is 39.4 Å². The smallest absolute Gasteiger partial charge is 0.280 e. The van der Waals surface area contributed by atoms with Crippen LogP contribution in [0.5, 0.6) is 11.5 Å². The van der Waals surface area contributed by atoms with Crippen molar-refractivity contribution in [2.45, 2.75) is 6.42 Å². The predicted octanol–water partition coefficient (Wildman–Crippen LogP) is 3.52.